The molecule has 0 fully saturated rings. The number of benzene rings is 3. The fraction of sp³-hybridized carbons (Fsp3) is 0.231. The van der Waals surface area contributed by atoms with Crippen LogP contribution < -0.4 is 4.90 Å². The minimum Gasteiger partial charge on any atom is -0.283 e. The number of aromatic nitrogens is 1. The first kappa shape index (κ1) is 20.3. The van der Waals surface area contributed by atoms with E-state index in [-0.39, 0.29) is 5.91 Å². The number of thiazole rings is 1. The van der Waals surface area contributed by atoms with Gasteiger partial charge in [0.15, 0.2) is 5.13 Å². The van der Waals surface area contributed by atoms with E-state index in [1.807, 2.05) is 29.2 Å². The number of aryl methyl sites for hydroxylation is 1. The fourth-order valence-electron chi connectivity index (χ4n) is 3.51. The molecule has 0 atom stereocenters. The molecule has 4 heteroatoms. The zero-order valence-corrected chi connectivity index (χ0v) is 18.4. The number of carbonyl (C=O) groups excluding carboxylic acids is 1. The van der Waals surface area contributed by atoms with E-state index in [9.17, 15) is 4.79 Å². The minimum absolute atomic E-state index is 0.0628. The van der Waals surface area contributed by atoms with Crippen LogP contribution in [0, 0.1) is 6.92 Å². The molecule has 3 nitrogen and oxygen atoms in total. The predicted molar refractivity (Wildman–Crippen MR) is 126 cm³/mol. The number of anilines is 1. The number of nitrogens with zero attached hydrogens (tertiary/aromatic N) is 2. The lowest BCUT2D eigenvalue weighted by Crippen LogP contribution is -2.31. The van der Waals surface area contributed by atoms with Gasteiger partial charge in [-0.1, -0.05) is 91.9 Å². The van der Waals surface area contributed by atoms with Gasteiger partial charge in [0.25, 0.3) is 0 Å². The number of rotatable bonds is 6. The molecule has 0 aliphatic carbocycles. The highest BCUT2D eigenvalue weighted by Crippen LogP contribution is 2.32. The summed E-state index contributed by atoms with van der Waals surface area (Å²) in [6.45, 7) is 6.93. The monoisotopic (exact) mass is 414 g/mol. The van der Waals surface area contributed by atoms with Crippen LogP contribution in [0.4, 0.5) is 5.13 Å². The van der Waals surface area contributed by atoms with E-state index < -0.39 is 0 Å². The molecule has 3 aromatic carbocycles. The summed E-state index contributed by atoms with van der Waals surface area (Å²) in [5, 5.41) is 0.756. The lowest BCUT2D eigenvalue weighted by molar-refractivity contribution is -0.118. The van der Waals surface area contributed by atoms with Crippen LogP contribution in [-0.2, 0) is 17.8 Å². The molecule has 0 radical (unpaired) electrons. The Balaban J connectivity index is 1.65. The van der Waals surface area contributed by atoms with E-state index in [0.29, 0.717) is 18.9 Å². The number of hydrogen-bond donors (Lipinski definition) is 0. The van der Waals surface area contributed by atoms with Gasteiger partial charge in [0.2, 0.25) is 5.91 Å². The lowest BCUT2D eigenvalue weighted by atomic mass is 10.0. The molecule has 4 aromatic rings. The van der Waals surface area contributed by atoms with Crippen molar-refractivity contribution in [3.8, 4) is 0 Å². The SMILES string of the molecule is Cc1cccc2sc(N(Cc3ccccc3)C(=O)Cc3ccc(C(C)C)cc3)nc12. The summed E-state index contributed by atoms with van der Waals surface area (Å²) < 4.78 is 1.11. The molecule has 1 aromatic heterocycles. The van der Waals surface area contributed by atoms with Crippen molar-refractivity contribution in [2.24, 2.45) is 0 Å². The molecule has 1 heterocycles. The first-order valence-electron chi connectivity index (χ1n) is 10.3. The highest BCUT2D eigenvalue weighted by atomic mass is 32.1. The maximum absolute atomic E-state index is 13.4. The molecule has 4 rings (SSSR count). The number of carbonyl (C=O) groups is 1. The van der Waals surface area contributed by atoms with Gasteiger partial charge in [-0.25, -0.2) is 4.98 Å². The lowest BCUT2D eigenvalue weighted by Gasteiger charge is -2.20. The Bertz CT molecular complexity index is 1150. The maximum atomic E-state index is 13.4. The summed E-state index contributed by atoms with van der Waals surface area (Å²) in [4.78, 5) is 20.1. The van der Waals surface area contributed by atoms with E-state index in [0.717, 1.165) is 32.0 Å². The summed E-state index contributed by atoms with van der Waals surface area (Å²) in [6.07, 6.45) is 0.361. The van der Waals surface area contributed by atoms with Crippen LogP contribution in [-0.4, -0.2) is 10.9 Å². The molecule has 0 unspecified atom stereocenters. The van der Waals surface area contributed by atoms with Crippen LogP contribution >= 0.6 is 11.3 Å². The normalized spacial score (nSPS) is 11.2. The predicted octanol–water partition coefficient (Wildman–Crippen LogP) is 6.50. The molecule has 0 bridgehead atoms. The van der Waals surface area contributed by atoms with E-state index >= 15 is 0 Å². The molecular weight excluding hydrogens is 388 g/mol. The van der Waals surface area contributed by atoms with Gasteiger partial charge < -0.3 is 0 Å². The Morgan fingerprint density at radius 1 is 0.933 bits per heavy atom. The van der Waals surface area contributed by atoms with Crippen molar-refractivity contribution in [1.82, 2.24) is 4.98 Å². The third kappa shape index (κ3) is 4.44. The van der Waals surface area contributed by atoms with Gasteiger partial charge in [-0.05, 0) is 41.2 Å². The Morgan fingerprint density at radius 3 is 2.33 bits per heavy atom. The van der Waals surface area contributed by atoms with Crippen LogP contribution in [0.3, 0.4) is 0 Å². The van der Waals surface area contributed by atoms with Crippen molar-refractivity contribution >= 4 is 32.6 Å². The van der Waals surface area contributed by atoms with Crippen molar-refractivity contribution in [1.29, 1.82) is 0 Å². The number of amides is 1. The summed E-state index contributed by atoms with van der Waals surface area (Å²) in [7, 11) is 0. The Hall–Kier alpha value is -2.98. The zero-order chi connectivity index (χ0) is 21.1. The quantitative estimate of drug-likeness (QED) is 0.361. The van der Waals surface area contributed by atoms with Crippen LogP contribution in [0.25, 0.3) is 10.2 Å². The van der Waals surface area contributed by atoms with Gasteiger partial charge in [0, 0.05) is 0 Å². The third-order valence-corrected chi connectivity index (χ3v) is 6.37. The van der Waals surface area contributed by atoms with Gasteiger partial charge in [-0.3, -0.25) is 9.69 Å². The number of fused-ring (bicyclic) bond motifs is 1. The Kier molecular flexibility index (Phi) is 5.96. The molecule has 30 heavy (non-hydrogen) atoms. The number of hydrogen-bond acceptors (Lipinski definition) is 3. The van der Waals surface area contributed by atoms with E-state index in [1.165, 1.54) is 5.56 Å². The summed E-state index contributed by atoms with van der Waals surface area (Å²) in [6, 6.07) is 24.7. The first-order chi connectivity index (χ1) is 14.5. The standard InChI is InChI=1S/C26H26N2OS/c1-18(2)22-14-12-20(13-15-22)16-24(29)28(17-21-9-5-4-6-10-21)26-27-25-19(3)8-7-11-23(25)30-26/h4-15,18H,16-17H2,1-3H3. The maximum Gasteiger partial charge on any atom is 0.233 e. The average Bonchev–Trinajstić information content (AvgIpc) is 3.18. The highest BCUT2D eigenvalue weighted by Gasteiger charge is 2.21. The zero-order valence-electron chi connectivity index (χ0n) is 17.6. The molecule has 0 saturated carbocycles. The largest absolute Gasteiger partial charge is 0.283 e. The van der Waals surface area contributed by atoms with E-state index in [2.05, 4.69) is 69.3 Å². The van der Waals surface area contributed by atoms with Gasteiger partial charge in [-0.2, -0.15) is 0 Å². The first-order valence-corrected chi connectivity index (χ1v) is 11.1. The summed E-state index contributed by atoms with van der Waals surface area (Å²) in [5.74, 6) is 0.545. The van der Waals surface area contributed by atoms with Gasteiger partial charge in [-0.15, -0.1) is 0 Å². The average molecular weight is 415 g/mol. The van der Waals surface area contributed by atoms with Crippen molar-refractivity contribution < 1.29 is 4.79 Å². The molecular formula is C26H26N2OS. The van der Waals surface area contributed by atoms with E-state index in [4.69, 9.17) is 4.98 Å². The second kappa shape index (κ2) is 8.80. The van der Waals surface area contributed by atoms with Gasteiger partial charge in [0.05, 0.1) is 23.2 Å². The molecule has 0 aliphatic rings. The number of para-hydroxylation sites is 1. The topological polar surface area (TPSA) is 33.2 Å². The molecule has 0 N–H and O–H groups in total. The Morgan fingerprint density at radius 2 is 1.67 bits per heavy atom. The molecule has 0 spiro atoms. The highest BCUT2D eigenvalue weighted by molar-refractivity contribution is 7.22. The van der Waals surface area contributed by atoms with Crippen molar-refractivity contribution in [3.63, 3.8) is 0 Å². The van der Waals surface area contributed by atoms with Crippen LogP contribution in [0.1, 0.15) is 42.0 Å². The minimum atomic E-state index is 0.0628. The summed E-state index contributed by atoms with van der Waals surface area (Å²) in [5.41, 5.74) is 5.52. The molecule has 0 saturated heterocycles. The van der Waals surface area contributed by atoms with Gasteiger partial charge in [0.1, 0.15) is 0 Å². The molecule has 1 amide bonds. The van der Waals surface area contributed by atoms with Crippen LogP contribution in [0.2, 0.25) is 0 Å². The third-order valence-electron chi connectivity index (χ3n) is 5.33. The smallest absolute Gasteiger partial charge is 0.233 e. The fourth-order valence-corrected chi connectivity index (χ4v) is 4.57. The summed E-state index contributed by atoms with van der Waals surface area (Å²) >= 11 is 1.58. The van der Waals surface area contributed by atoms with Crippen LogP contribution in [0.15, 0.2) is 72.8 Å². The van der Waals surface area contributed by atoms with Crippen molar-refractivity contribution in [2.45, 2.75) is 39.7 Å². The second-order valence-corrected chi connectivity index (χ2v) is 8.97. The molecule has 0 aliphatic heterocycles. The van der Waals surface area contributed by atoms with Gasteiger partial charge >= 0.3 is 0 Å². The van der Waals surface area contributed by atoms with E-state index in [1.54, 1.807) is 11.3 Å². The second-order valence-electron chi connectivity index (χ2n) is 7.96. The van der Waals surface area contributed by atoms with Crippen LogP contribution in [0.5, 0.6) is 0 Å². The molecule has 152 valence electrons. The van der Waals surface area contributed by atoms with Crippen molar-refractivity contribution in [2.75, 3.05) is 4.90 Å². The van der Waals surface area contributed by atoms with Crippen molar-refractivity contribution in [3.05, 3.63) is 95.1 Å². The Labute approximate surface area is 182 Å².